The summed E-state index contributed by atoms with van der Waals surface area (Å²) < 4.78 is 0. The summed E-state index contributed by atoms with van der Waals surface area (Å²) in [6.45, 7) is 3.65. The van der Waals surface area contributed by atoms with Gasteiger partial charge in [-0.1, -0.05) is 26.0 Å². The fraction of sp³-hybridized carbons (Fsp3) is 0.385. The van der Waals surface area contributed by atoms with Gasteiger partial charge in [0.2, 0.25) is 5.91 Å². The van der Waals surface area contributed by atoms with Gasteiger partial charge >= 0.3 is 5.97 Å². The molecule has 0 unspecified atom stereocenters. The number of hydrogen-bond acceptors (Lipinski definition) is 2. The largest absolute Gasteiger partial charge is 0.481 e. The van der Waals surface area contributed by atoms with Gasteiger partial charge in [-0.25, -0.2) is 0 Å². The number of rotatable bonds is 5. The normalized spacial score (nSPS) is 10.3. The lowest BCUT2D eigenvalue weighted by atomic mass is 10.1. The van der Waals surface area contributed by atoms with Crippen molar-refractivity contribution in [3.05, 3.63) is 29.8 Å². The van der Waals surface area contributed by atoms with Gasteiger partial charge in [-0.15, -0.1) is 0 Å². The molecule has 0 radical (unpaired) electrons. The first-order valence-corrected chi connectivity index (χ1v) is 5.60. The maximum atomic E-state index is 11.5. The highest BCUT2D eigenvalue weighted by molar-refractivity contribution is 5.92. The second-order valence-corrected chi connectivity index (χ2v) is 4.24. The first-order chi connectivity index (χ1) is 7.99. The van der Waals surface area contributed by atoms with Crippen molar-refractivity contribution in [2.45, 2.75) is 26.7 Å². The molecule has 0 aliphatic carbocycles. The van der Waals surface area contributed by atoms with E-state index < -0.39 is 5.97 Å². The van der Waals surface area contributed by atoms with Gasteiger partial charge in [-0.2, -0.15) is 0 Å². The Kier molecular flexibility index (Phi) is 4.69. The van der Waals surface area contributed by atoms with E-state index in [9.17, 15) is 9.59 Å². The Hall–Kier alpha value is -1.84. The Balaban J connectivity index is 2.65. The second kappa shape index (κ2) is 6.03. The zero-order valence-corrected chi connectivity index (χ0v) is 10.1. The third kappa shape index (κ3) is 4.68. The number of aliphatic carboxylic acids is 1. The van der Waals surface area contributed by atoms with E-state index in [-0.39, 0.29) is 18.2 Å². The van der Waals surface area contributed by atoms with Crippen molar-refractivity contribution in [2.75, 3.05) is 5.32 Å². The Morgan fingerprint density at radius 2 is 2.06 bits per heavy atom. The van der Waals surface area contributed by atoms with Gasteiger partial charge in [0.25, 0.3) is 0 Å². The summed E-state index contributed by atoms with van der Waals surface area (Å²) in [4.78, 5) is 21.9. The summed E-state index contributed by atoms with van der Waals surface area (Å²) in [5.74, 6) is -0.931. The van der Waals surface area contributed by atoms with Gasteiger partial charge in [0, 0.05) is 18.0 Å². The van der Waals surface area contributed by atoms with Gasteiger partial charge in [0.05, 0.1) is 0 Å². The van der Waals surface area contributed by atoms with Gasteiger partial charge in [0.1, 0.15) is 0 Å². The molecule has 0 aromatic heterocycles. The lowest BCUT2D eigenvalue weighted by molar-refractivity contribution is -0.137. The number of benzene rings is 1. The van der Waals surface area contributed by atoms with Gasteiger partial charge in [-0.05, 0) is 24.1 Å². The maximum absolute atomic E-state index is 11.5. The molecule has 4 heteroatoms. The second-order valence-electron chi connectivity index (χ2n) is 4.24. The van der Waals surface area contributed by atoms with Crippen LogP contribution in [0.1, 0.15) is 25.8 Å². The minimum Gasteiger partial charge on any atom is -0.481 e. The Bertz CT molecular complexity index is 413. The van der Waals surface area contributed by atoms with E-state index in [0.717, 1.165) is 5.56 Å². The predicted molar refractivity (Wildman–Crippen MR) is 65.9 cm³/mol. The van der Waals surface area contributed by atoms with Gasteiger partial charge < -0.3 is 10.4 Å². The lowest BCUT2D eigenvalue weighted by Gasteiger charge is -2.08. The summed E-state index contributed by atoms with van der Waals surface area (Å²) in [6.07, 6.45) is 0.572. The van der Waals surface area contributed by atoms with E-state index in [1.807, 2.05) is 32.0 Å². The van der Waals surface area contributed by atoms with Crippen LogP contribution in [-0.2, 0) is 16.0 Å². The van der Waals surface area contributed by atoms with Crippen LogP contribution in [0.4, 0.5) is 5.69 Å². The third-order valence-electron chi connectivity index (χ3n) is 2.35. The number of nitrogens with one attached hydrogen (secondary N) is 1. The van der Waals surface area contributed by atoms with Crippen molar-refractivity contribution in [3.63, 3.8) is 0 Å². The first kappa shape index (κ1) is 13.2. The van der Waals surface area contributed by atoms with Crippen molar-refractivity contribution in [2.24, 2.45) is 5.92 Å². The number of hydrogen-bond donors (Lipinski definition) is 2. The number of carbonyl (C=O) groups is 2. The van der Waals surface area contributed by atoms with Crippen LogP contribution >= 0.6 is 0 Å². The van der Waals surface area contributed by atoms with Crippen LogP contribution in [0.5, 0.6) is 0 Å². The van der Waals surface area contributed by atoms with E-state index in [0.29, 0.717) is 12.1 Å². The van der Waals surface area contributed by atoms with Crippen LogP contribution in [0.3, 0.4) is 0 Å². The summed E-state index contributed by atoms with van der Waals surface area (Å²) in [5, 5.41) is 11.4. The van der Waals surface area contributed by atoms with Crippen molar-refractivity contribution in [1.82, 2.24) is 0 Å². The highest BCUT2D eigenvalue weighted by atomic mass is 16.4. The van der Waals surface area contributed by atoms with Crippen molar-refractivity contribution < 1.29 is 14.7 Å². The summed E-state index contributed by atoms with van der Waals surface area (Å²) in [6, 6.07) is 7.27. The van der Waals surface area contributed by atoms with Crippen LogP contribution in [-0.4, -0.2) is 17.0 Å². The zero-order chi connectivity index (χ0) is 12.8. The number of aryl methyl sites for hydroxylation is 1. The van der Waals surface area contributed by atoms with Crippen molar-refractivity contribution >= 4 is 17.6 Å². The molecule has 1 aromatic rings. The van der Waals surface area contributed by atoms with E-state index >= 15 is 0 Å². The fourth-order valence-corrected chi connectivity index (χ4v) is 1.34. The zero-order valence-electron chi connectivity index (χ0n) is 10.1. The first-order valence-electron chi connectivity index (χ1n) is 5.60. The summed E-state index contributed by atoms with van der Waals surface area (Å²) in [7, 11) is 0. The Morgan fingerprint density at radius 1 is 1.35 bits per heavy atom. The molecule has 0 spiro atoms. The summed E-state index contributed by atoms with van der Waals surface area (Å²) >= 11 is 0. The highest BCUT2D eigenvalue weighted by Crippen LogP contribution is 2.13. The molecule has 92 valence electrons. The fourth-order valence-electron chi connectivity index (χ4n) is 1.34. The number of carboxylic acids is 1. The molecule has 2 N–H and O–H groups in total. The summed E-state index contributed by atoms with van der Waals surface area (Å²) in [5.41, 5.74) is 1.63. The van der Waals surface area contributed by atoms with Crippen LogP contribution in [0, 0.1) is 5.92 Å². The molecule has 0 saturated carbocycles. The molecular weight excluding hydrogens is 218 g/mol. The van der Waals surface area contributed by atoms with Crippen LogP contribution < -0.4 is 5.32 Å². The molecule has 17 heavy (non-hydrogen) atoms. The molecule has 0 atom stereocenters. The third-order valence-corrected chi connectivity index (χ3v) is 2.35. The molecule has 1 amide bonds. The monoisotopic (exact) mass is 235 g/mol. The topological polar surface area (TPSA) is 66.4 Å². The molecule has 0 fully saturated rings. The average molecular weight is 235 g/mol. The average Bonchev–Trinajstić information content (AvgIpc) is 2.26. The smallest absolute Gasteiger partial charge is 0.303 e. The molecule has 0 aliphatic heterocycles. The standard InChI is InChI=1S/C13H17NO3/c1-9(2)13(17)14-11-5-3-4-10(8-11)6-7-12(15)16/h3-5,8-9H,6-7H2,1-2H3,(H,14,17)(H,15,16). The predicted octanol–water partition coefficient (Wildman–Crippen LogP) is 2.30. The number of amides is 1. The number of carboxylic acid groups (broad SMARTS) is 1. The lowest BCUT2D eigenvalue weighted by Crippen LogP contribution is -2.17. The molecule has 0 heterocycles. The number of carbonyl (C=O) groups excluding carboxylic acids is 1. The van der Waals surface area contributed by atoms with E-state index in [4.69, 9.17) is 5.11 Å². The molecule has 4 nitrogen and oxygen atoms in total. The van der Waals surface area contributed by atoms with E-state index in [1.165, 1.54) is 0 Å². The van der Waals surface area contributed by atoms with Gasteiger partial charge in [0.15, 0.2) is 0 Å². The minimum absolute atomic E-state index is 0.0413. The van der Waals surface area contributed by atoms with Gasteiger partial charge in [-0.3, -0.25) is 9.59 Å². The maximum Gasteiger partial charge on any atom is 0.303 e. The quantitative estimate of drug-likeness (QED) is 0.822. The van der Waals surface area contributed by atoms with E-state index in [1.54, 1.807) is 6.07 Å². The minimum atomic E-state index is -0.818. The molecule has 0 bridgehead atoms. The molecule has 0 aliphatic rings. The van der Waals surface area contributed by atoms with Crippen molar-refractivity contribution in [3.8, 4) is 0 Å². The Morgan fingerprint density at radius 3 is 2.65 bits per heavy atom. The molecule has 1 aromatic carbocycles. The molecule has 0 saturated heterocycles. The molecule has 1 rings (SSSR count). The Labute approximate surface area is 101 Å². The number of anilines is 1. The van der Waals surface area contributed by atoms with Crippen LogP contribution in [0.15, 0.2) is 24.3 Å². The van der Waals surface area contributed by atoms with Crippen molar-refractivity contribution in [1.29, 1.82) is 0 Å². The van der Waals surface area contributed by atoms with Crippen LogP contribution in [0.2, 0.25) is 0 Å². The van der Waals surface area contributed by atoms with E-state index in [2.05, 4.69) is 5.32 Å². The highest BCUT2D eigenvalue weighted by Gasteiger charge is 2.07. The SMILES string of the molecule is CC(C)C(=O)Nc1cccc(CCC(=O)O)c1. The molecular formula is C13H17NO3. The van der Waals surface area contributed by atoms with Crippen LogP contribution in [0.25, 0.3) is 0 Å².